The third-order valence-electron chi connectivity index (χ3n) is 3.61. The predicted molar refractivity (Wildman–Crippen MR) is 87.5 cm³/mol. The number of hydrogen-bond donors (Lipinski definition) is 1. The van der Waals surface area contributed by atoms with Crippen LogP contribution in [0.4, 0.5) is 5.69 Å². The van der Waals surface area contributed by atoms with Crippen LogP contribution in [0.2, 0.25) is 10.0 Å². The van der Waals surface area contributed by atoms with Gasteiger partial charge in [0.1, 0.15) is 0 Å². The normalized spacial score (nSPS) is 17.4. The van der Waals surface area contributed by atoms with Crippen LogP contribution in [0.5, 0.6) is 0 Å². The molecule has 3 rings (SSSR count). The molecule has 0 radical (unpaired) electrons. The van der Waals surface area contributed by atoms with Gasteiger partial charge in [-0.2, -0.15) is 0 Å². The Labute approximate surface area is 137 Å². The first kappa shape index (κ1) is 14.8. The van der Waals surface area contributed by atoms with E-state index in [4.69, 9.17) is 23.2 Å². The molecule has 1 aromatic carbocycles. The smallest absolute Gasteiger partial charge is 0.227 e. The van der Waals surface area contributed by atoms with Gasteiger partial charge < -0.3 is 5.32 Å². The number of carbonyl (C=O) groups excluding carboxylic acids is 1. The Balaban J connectivity index is 1.72. The van der Waals surface area contributed by atoms with E-state index in [1.54, 1.807) is 29.5 Å². The van der Waals surface area contributed by atoms with Crippen LogP contribution in [0.3, 0.4) is 0 Å². The van der Waals surface area contributed by atoms with Crippen molar-refractivity contribution in [3.63, 3.8) is 0 Å². The summed E-state index contributed by atoms with van der Waals surface area (Å²) in [6.45, 7) is 2.01. The summed E-state index contributed by atoms with van der Waals surface area (Å²) in [6, 6.07) is 5.08. The van der Waals surface area contributed by atoms with Crippen molar-refractivity contribution in [1.29, 1.82) is 0 Å². The predicted octanol–water partition coefficient (Wildman–Crippen LogP) is 4.50. The number of hydrogen-bond acceptors (Lipinski definition) is 3. The molecule has 21 heavy (non-hydrogen) atoms. The Kier molecular flexibility index (Phi) is 4.20. The topological polar surface area (TPSA) is 42.0 Å². The molecule has 0 spiro atoms. The molecule has 2 aromatic rings. The van der Waals surface area contributed by atoms with E-state index in [0.29, 0.717) is 15.7 Å². The van der Waals surface area contributed by atoms with Crippen LogP contribution in [0.25, 0.3) is 0 Å². The molecule has 6 heteroatoms. The second kappa shape index (κ2) is 5.95. The molecule has 0 saturated carbocycles. The van der Waals surface area contributed by atoms with Gasteiger partial charge in [-0.25, -0.2) is 4.98 Å². The highest BCUT2D eigenvalue weighted by Crippen LogP contribution is 2.31. The van der Waals surface area contributed by atoms with Crippen LogP contribution in [0.1, 0.15) is 22.0 Å². The van der Waals surface area contributed by atoms with Crippen molar-refractivity contribution in [2.24, 2.45) is 5.92 Å². The van der Waals surface area contributed by atoms with E-state index in [-0.39, 0.29) is 11.8 Å². The molecule has 3 nitrogen and oxygen atoms in total. The van der Waals surface area contributed by atoms with Crippen LogP contribution >= 0.6 is 34.5 Å². The van der Waals surface area contributed by atoms with Gasteiger partial charge in [-0.1, -0.05) is 23.2 Å². The van der Waals surface area contributed by atoms with E-state index in [0.717, 1.165) is 30.0 Å². The first-order valence-corrected chi connectivity index (χ1v) is 8.31. The number of aromatic nitrogens is 1. The highest BCUT2D eigenvalue weighted by molar-refractivity contribution is 7.11. The molecule has 0 aliphatic heterocycles. The Morgan fingerprint density at radius 1 is 1.43 bits per heavy atom. The van der Waals surface area contributed by atoms with Crippen LogP contribution < -0.4 is 5.32 Å². The molecule has 1 unspecified atom stereocenters. The van der Waals surface area contributed by atoms with Crippen molar-refractivity contribution in [2.45, 2.75) is 26.2 Å². The fourth-order valence-corrected chi connectivity index (χ4v) is 4.07. The minimum absolute atomic E-state index is 0.0101. The summed E-state index contributed by atoms with van der Waals surface area (Å²) < 4.78 is 0. The number of thiazole rings is 1. The Morgan fingerprint density at radius 3 is 3.00 bits per heavy atom. The van der Waals surface area contributed by atoms with Crippen molar-refractivity contribution in [3.05, 3.63) is 43.8 Å². The standard InChI is InChI=1S/C15H14Cl2N2OS/c1-8-18-13-4-2-9(6-14(13)21-8)15(20)19-12-5-3-10(16)7-11(12)17/h3,5,7,9H,2,4,6H2,1H3,(H,19,20). The van der Waals surface area contributed by atoms with Crippen molar-refractivity contribution in [3.8, 4) is 0 Å². The zero-order valence-corrected chi connectivity index (χ0v) is 13.8. The van der Waals surface area contributed by atoms with E-state index in [1.807, 2.05) is 6.92 Å². The molecule has 0 saturated heterocycles. The van der Waals surface area contributed by atoms with Crippen molar-refractivity contribution in [1.82, 2.24) is 4.98 Å². The van der Waals surface area contributed by atoms with Gasteiger partial charge in [0.15, 0.2) is 0 Å². The minimum Gasteiger partial charge on any atom is -0.325 e. The average molecular weight is 341 g/mol. The summed E-state index contributed by atoms with van der Waals surface area (Å²) in [4.78, 5) is 18.1. The summed E-state index contributed by atoms with van der Waals surface area (Å²) in [5.74, 6) is -0.0139. The number of amides is 1. The number of halogens is 2. The van der Waals surface area contributed by atoms with Crippen LogP contribution in [0, 0.1) is 12.8 Å². The van der Waals surface area contributed by atoms with E-state index < -0.39 is 0 Å². The molecule has 1 heterocycles. The van der Waals surface area contributed by atoms with Gasteiger partial charge in [0.2, 0.25) is 5.91 Å². The summed E-state index contributed by atoms with van der Waals surface area (Å²) in [5.41, 5.74) is 1.77. The summed E-state index contributed by atoms with van der Waals surface area (Å²) in [7, 11) is 0. The Bertz CT molecular complexity index is 699. The van der Waals surface area contributed by atoms with Gasteiger partial charge in [-0.15, -0.1) is 11.3 Å². The SMILES string of the molecule is Cc1nc2c(s1)CC(C(=O)Nc1ccc(Cl)cc1Cl)CC2. The molecule has 1 N–H and O–H groups in total. The van der Waals surface area contributed by atoms with Gasteiger partial charge in [-0.3, -0.25) is 4.79 Å². The molecule has 1 aliphatic rings. The monoisotopic (exact) mass is 340 g/mol. The second-order valence-corrected chi connectivity index (χ2v) is 7.29. The number of carbonyl (C=O) groups is 1. The minimum atomic E-state index is -0.0240. The summed E-state index contributed by atoms with van der Waals surface area (Å²) in [6.07, 6.45) is 2.46. The average Bonchev–Trinajstić information content (AvgIpc) is 2.80. The lowest BCUT2D eigenvalue weighted by molar-refractivity contribution is -0.120. The van der Waals surface area contributed by atoms with Crippen LogP contribution in [-0.2, 0) is 17.6 Å². The summed E-state index contributed by atoms with van der Waals surface area (Å²) in [5, 5.41) is 4.99. The maximum Gasteiger partial charge on any atom is 0.227 e. The maximum absolute atomic E-state index is 12.4. The van der Waals surface area contributed by atoms with Crippen molar-refractivity contribution >= 4 is 46.1 Å². The number of anilines is 1. The van der Waals surface area contributed by atoms with Gasteiger partial charge in [0.25, 0.3) is 0 Å². The lowest BCUT2D eigenvalue weighted by atomic mass is 9.90. The Hall–Kier alpha value is -1.10. The summed E-state index contributed by atoms with van der Waals surface area (Å²) >= 11 is 13.6. The van der Waals surface area contributed by atoms with E-state index in [9.17, 15) is 4.79 Å². The van der Waals surface area contributed by atoms with Crippen molar-refractivity contribution < 1.29 is 4.79 Å². The second-order valence-electron chi connectivity index (χ2n) is 5.16. The number of rotatable bonds is 2. The molecule has 0 fully saturated rings. The van der Waals surface area contributed by atoms with Gasteiger partial charge in [0.05, 0.1) is 21.4 Å². The molecule has 1 aromatic heterocycles. The first-order valence-electron chi connectivity index (χ1n) is 6.74. The quantitative estimate of drug-likeness (QED) is 0.874. The molecule has 0 bridgehead atoms. The molecular weight excluding hydrogens is 327 g/mol. The van der Waals surface area contributed by atoms with E-state index >= 15 is 0 Å². The highest BCUT2D eigenvalue weighted by atomic mass is 35.5. The maximum atomic E-state index is 12.4. The van der Waals surface area contributed by atoms with E-state index in [1.165, 1.54) is 4.88 Å². The van der Waals surface area contributed by atoms with Crippen LogP contribution in [0.15, 0.2) is 18.2 Å². The lowest BCUT2D eigenvalue weighted by Crippen LogP contribution is -2.27. The zero-order valence-electron chi connectivity index (χ0n) is 11.5. The van der Waals surface area contributed by atoms with Crippen LogP contribution in [-0.4, -0.2) is 10.9 Å². The zero-order chi connectivity index (χ0) is 15.0. The number of nitrogens with zero attached hydrogens (tertiary/aromatic N) is 1. The number of aryl methyl sites for hydroxylation is 2. The third-order valence-corrected chi connectivity index (χ3v) is 5.19. The lowest BCUT2D eigenvalue weighted by Gasteiger charge is -2.20. The number of nitrogens with one attached hydrogen (secondary N) is 1. The molecule has 1 aliphatic carbocycles. The number of benzene rings is 1. The Morgan fingerprint density at radius 2 is 2.24 bits per heavy atom. The first-order chi connectivity index (χ1) is 10.0. The van der Waals surface area contributed by atoms with E-state index in [2.05, 4.69) is 10.3 Å². The molecule has 1 atom stereocenters. The largest absolute Gasteiger partial charge is 0.325 e. The van der Waals surface area contributed by atoms with Gasteiger partial charge in [-0.05, 0) is 44.4 Å². The van der Waals surface area contributed by atoms with Gasteiger partial charge in [0, 0.05) is 15.8 Å². The fourth-order valence-electron chi connectivity index (χ4n) is 2.55. The number of fused-ring (bicyclic) bond motifs is 1. The molecule has 110 valence electrons. The molecular formula is C15H14Cl2N2OS. The fraction of sp³-hybridized carbons (Fsp3) is 0.333. The van der Waals surface area contributed by atoms with Gasteiger partial charge >= 0.3 is 0 Å². The third kappa shape index (κ3) is 3.23. The highest BCUT2D eigenvalue weighted by Gasteiger charge is 2.27. The molecule has 1 amide bonds. The van der Waals surface area contributed by atoms with Crippen molar-refractivity contribution in [2.75, 3.05) is 5.32 Å².